The van der Waals surface area contributed by atoms with Crippen molar-refractivity contribution in [1.82, 2.24) is 0 Å². The zero-order valence-corrected chi connectivity index (χ0v) is 17.8. The van der Waals surface area contributed by atoms with E-state index in [0.29, 0.717) is 36.5 Å². The first-order chi connectivity index (χ1) is 11.5. The van der Waals surface area contributed by atoms with Crippen molar-refractivity contribution >= 4 is 40.7 Å². The Morgan fingerprint density at radius 2 is 1.92 bits per heavy atom. The number of likely N-dealkylation sites (N-methyl/N-ethyl adjacent to an activating group) is 1. The average molecular weight is 386 g/mol. The van der Waals surface area contributed by atoms with Crippen molar-refractivity contribution in [3.05, 3.63) is 26.9 Å². The third-order valence-corrected chi connectivity index (χ3v) is 4.32. The molecule has 0 radical (unpaired) electrons. The Hall–Kier alpha value is -1.15. The molecule has 0 aliphatic heterocycles. The highest BCUT2D eigenvalue weighted by atomic mass is 32.1. The number of nitrogens with zero attached hydrogens (tertiary/aromatic N) is 1. The molecule has 0 atom stereocenters. The Bertz CT molecular complexity index is 656. The molecule has 1 aromatic rings. The largest absolute Gasteiger partial charge is 0.385 e. The standard InChI is InChI=1S/C10H17N3O2S.C8H14S/c1-12-7-8(9(14)10(7)16)13(2)4-6-15-5-3-11;1-6(7(2)9)8(3,4)5/h12H,3-6,11H2,1-2H3;1H2,2-5H3. The number of ether oxygens (including phenoxy) is 1. The summed E-state index contributed by atoms with van der Waals surface area (Å²) < 4.78 is 5.63. The lowest BCUT2D eigenvalue weighted by Gasteiger charge is -2.23. The van der Waals surface area contributed by atoms with Crippen LogP contribution in [0.3, 0.4) is 0 Å². The van der Waals surface area contributed by atoms with E-state index in [9.17, 15) is 4.79 Å². The lowest BCUT2D eigenvalue weighted by atomic mass is 9.86. The molecule has 0 spiro atoms. The van der Waals surface area contributed by atoms with Gasteiger partial charge in [0.1, 0.15) is 10.2 Å². The lowest BCUT2D eigenvalue weighted by molar-refractivity contribution is 0.148. The summed E-state index contributed by atoms with van der Waals surface area (Å²) in [5.41, 5.74) is 7.83. The van der Waals surface area contributed by atoms with Crippen LogP contribution < -0.4 is 21.4 Å². The number of nitrogens with one attached hydrogen (secondary N) is 1. The number of hydrogen-bond acceptors (Lipinski definition) is 7. The zero-order chi connectivity index (χ0) is 19.8. The van der Waals surface area contributed by atoms with Gasteiger partial charge in [-0.2, -0.15) is 0 Å². The number of hydrogen-bond donors (Lipinski definition) is 2. The van der Waals surface area contributed by atoms with Gasteiger partial charge in [-0.25, -0.2) is 0 Å². The van der Waals surface area contributed by atoms with Crippen molar-refractivity contribution in [3.63, 3.8) is 0 Å². The van der Waals surface area contributed by atoms with E-state index < -0.39 is 0 Å². The first-order valence-corrected chi connectivity index (χ1v) is 9.01. The van der Waals surface area contributed by atoms with Gasteiger partial charge in [-0.1, -0.05) is 51.8 Å². The Balaban J connectivity index is 0.000000547. The van der Waals surface area contributed by atoms with Crippen LogP contribution in [0.15, 0.2) is 16.9 Å². The van der Waals surface area contributed by atoms with E-state index in [0.717, 1.165) is 16.1 Å². The van der Waals surface area contributed by atoms with Gasteiger partial charge in [-0.15, -0.1) is 0 Å². The molecule has 0 unspecified atom stereocenters. The quantitative estimate of drug-likeness (QED) is 0.405. The Labute approximate surface area is 161 Å². The molecule has 0 aromatic heterocycles. The van der Waals surface area contributed by atoms with Crippen molar-refractivity contribution in [1.29, 1.82) is 0 Å². The Morgan fingerprint density at radius 3 is 2.28 bits per heavy atom. The Kier molecular flexibility index (Phi) is 10.3. The summed E-state index contributed by atoms with van der Waals surface area (Å²) >= 11 is 9.90. The second kappa shape index (κ2) is 10.8. The molecule has 0 saturated carbocycles. The average Bonchev–Trinajstić information content (AvgIpc) is 2.54. The third-order valence-electron chi connectivity index (χ3n) is 3.68. The second-order valence-corrected chi connectivity index (χ2v) is 7.76. The maximum Gasteiger partial charge on any atom is 0.224 e. The van der Waals surface area contributed by atoms with Gasteiger partial charge in [0.05, 0.1) is 18.9 Å². The maximum absolute atomic E-state index is 11.5. The molecule has 7 heteroatoms. The molecular formula is C18H31N3O2S2. The molecule has 0 bridgehead atoms. The van der Waals surface area contributed by atoms with Crippen LogP contribution in [-0.2, 0) is 4.74 Å². The molecular weight excluding hydrogens is 354 g/mol. The molecule has 0 fully saturated rings. The minimum Gasteiger partial charge on any atom is -0.385 e. The van der Waals surface area contributed by atoms with Crippen molar-refractivity contribution in [2.45, 2.75) is 27.7 Å². The highest BCUT2D eigenvalue weighted by Crippen LogP contribution is 2.25. The fourth-order valence-corrected chi connectivity index (χ4v) is 2.60. The first-order valence-electron chi connectivity index (χ1n) is 8.19. The van der Waals surface area contributed by atoms with Gasteiger partial charge in [-0.05, 0) is 17.9 Å². The van der Waals surface area contributed by atoms with E-state index in [-0.39, 0.29) is 10.8 Å². The highest BCUT2D eigenvalue weighted by Gasteiger charge is 2.19. The van der Waals surface area contributed by atoms with Crippen LogP contribution in [0.25, 0.3) is 0 Å². The molecule has 5 nitrogen and oxygen atoms in total. The van der Waals surface area contributed by atoms with Crippen LogP contribution in [0.2, 0.25) is 0 Å². The topological polar surface area (TPSA) is 67.6 Å². The highest BCUT2D eigenvalue weighted by molar-refractivity contribution is 7.80. The Morgan fingerprint density at radius 1 is 1.36 bits per heavy atom. The molecule has 1 aromatic carbocycles. The van der Waals surface area contributed by atoms with E-state index in [1.807, 2.05) is 18.9 Å². The van der Waals surface area contributed by atoms with Crippen LogP contribution in [-0.4, -0.2) is 45.3 Å². The zero-order valence-electron chi connectivity index (χ0n) is 16.2. The van der Waals surface area contributed by atoms with Gasteiger partial charge >= 0.3 is 0 Å². The fraction of sp³-hybridized carbons (Fsp3) is 0.611. The number of rotatable bonds is 8. The predicted octanol–water partition coefficient (Wildman–Crippen LogP) is 3.08. The molecule has 25 heavy (non-hydrogen) atoms. The first kappa shape index (κ1) is 23.9. The van der Waals surface area contributed by atoms with E-state index >= 15 is 0 Å². The summed E-state index contributed by atoms with van der Waals surface area (Å²) in [7, 11) is 3.60. The maximum atomic E-state index is 11.5. The summed E-state index contributed by atoms with van der Waals surface area (Å²) in [4.78, 5) is 14.3. The summed E-state index contributed by atoms with van der Waals surface area (Å²) in [5.74, 6) is 0. The molecule has 0 heterocycles. The monoisotopic (exact) mass is 385 g/mol. The number of allylic oxidation sites excluding steroid dienone is 1. The van der Waals surface area contributed by atoms with Crippen LogP contribution in [0, 0.1) is 9.93 Å². The second-order valence-electron chi connectivity index (χ2n) is 6.74. The van der Waals surface area contributed by atoms with Gasteiger partial charge in [0, 0.05) is 32.0 Å². The molecule has 0 amide bonds. The van der Waals surface area contributed by atoms with Gasteiger partial charge in [-0.3, -0.25) is 4.79 Å². The summed E-state index contributed by atoms with van der Waals surface area (Å²) in [6, 6.07) is 0. The minimum absolute atomic E-state index is 0.0688. The summed E-state index contributed by atoms with van der Waals surface area (Å²) in [6.07, 6.45) is 0. The summed E-state index contributed by atoms with van der Waals surface area (Å²) in [6.45, 7) is 14.4. The molecule has 0 aliphatic rings. The molecule has 142 valence electrons. The fourth-order valence-electron chi connectivity index (χ4n) is 2.00. The van der Waals surface area contributed by atoms with Crippen LogP contribution in [0.5, 0.6) is 0 Å². The van der Waals surface area contributed by atoms with E-state index in [4.69, 9.17) is 34.9 Å². The van der Waals surface area contributed by atoms with Gasteiger partial charge in [0.25, 0.3) is 0 Å². The number of thiocarbonyl (C=S) groups is 1. The normalized spacial score (nSPS) is 10.8. The predicted molar refractivity (Wildman–Crippen MR) is 115 cm³/mol. The molecule has 0 aliphatic carbocycles. The van der Waals surface area contributed by atoms with Gasteiger partial charge < -0.3 is 20.7 Å². The molecule has 3 N–H and O–H groups in total. The van der Waals surface area contributed by atoms with Crippen molar-refractivity contribution < 1.29 is 4.74 Å². The minimum atomic E-state index is -0.0688. The van der Waals surface area contributed by atoms with Crippen LogP contribution in [0.1, 0.15) is 27.7 Å². The molecule has 0 saturated heterocycles. The van der Waals surface area contributed by atoms with E-state index in [1.165, 1.54) is 0 Å². The third kappa shape index (κ3) is 7.32. The number of nitrogens with two attached hydrogens (primary N) is 1. The molecule has 1 rings (SSSR count). The number of anilines is 2. The lowest BCUT2D eigenvalue weighted by Crippen LogP contribution is -2.32. The van der Waals surface area contributed by atoms with Crippen LogP contribution >= 0.6 is 24.4 Å². The van der Waals surface area contributed by atoms with Crippen molar-refractivity contribution in [2.75, 3.05) is 50.6 Å². The van der Waals surface area contributed by atoms with Gasteiger partial charge in [0.2, 0.25) is 5.43 Å². The van der Waals surface area contributed by atoms with Gasteiger partial charge in [0.15, 0.2) is 0 Å². The van der Waals surface area contributed by atoms with E-state index in [2.05, 4.69) is 32.7 Å². The van der Waals surface area contributed by atoms with Crippen molar-refractivity contribution in [3.8, 4) is 0 Å². The van der Waals surface area contributed by atoms with Crippen molar-refractivity contribution in [2.24, 2.45) is 11.1 Å². The summed E-state index contributed by atoms with van der Waals surface area (Å²) in [5, 5.41) is 2.93. The van der Waals surface area contributed by atoms with Crippen LogP contribution in [0.4, 0.5) is 11.4 Å². The van der Waals surface area contributed by atoms with E-state index in [1.54, 1.807) is 7.05 Å². The SMILES string of the molecule is C=C(C(C)=S)C(C)(C)C.CNc1c(N(C)CCOCCN)c(=O)c1=S. The smallest absolute Gasteiger partial charge is 0.224 e.